The summed E-state index contributed by atoms with van der Waals surface area (Å²) >= 11 is 1.79. The molecule has 5 heteroatoms. The van der Waals surface area contributed by atoms with Crippen LogP contribution in [0.25, 0.3) is 0 Å². The Bertz CT molecular complexity index is 775. The molecule has 2 aliphatic rings. The fourth-order valence-corrected chi connectivity index (χ4v) is 4.48. The molecule has 0 aliphatic carbocycles. The summed E-state index contributed by atoms with van der Waals surface area (Å²) < 4.78 is 0. The minimum Gasteiger partial charge on any atom is -0.383 e. The number of thioether (sulfide) groups is 1. The zero-order valence-electron chi connectivity index (χ0n) is 14.3. The summed E-state index contributed by atoms with van der Waals surface area (Å²) in [4.78, 5) is 13.7. The molecule has 4 nitrogen and oxygen atoms in total. The lowest BCUT2D eigenvalue weighted by Gasteiger charge is -2.18. The van der Waals surface area contributed by atoms with Crippen molar-refractivity contribution in [2.45, 2.75) is 17.7 Å². The van der Waals surface area contributed by atoms with Gasteiger partial charge in [0.1, 0.15) is 0 Å². The molecular formula is C20H23N3OS. The Kier molecular flexibility index (Phi) is 4.68. The molecular weight excluding hydrogens is 330 g/mol. The van der Waals surface area contributed by atoms with Crippen LogP contribution >= 0.6 is 11.8 Å². The second kappa shape index (κ2) is 7.10. The van der Waals surface area contributed by atoms with Crippen LogP contribution < -0.4 is 16.0 Å². The van der Waals surface area contributed by atoms with Gasteiger partial charge in [0.2, 0.25) is 0 Å². The summed E-state index contributed by atoms with van der Waals surface area (Å²) in [6, 6.07) is 14.1. The normalized spacial score (nSPS) is 22.1. The van der Waals surface area contributed by atoms with E-state index in [0.717, 1.165) is 41.7 Å². The molecule has 0 bridgehead atoms. The number of hydrogen-bond donors (Lipinski definition) is 3. The van der Waals surface area contributed by atoms with E-state index < -0.39 is 0 Å². The van der Waals surface area contributed by atoms with E-state index in [1.165, 1.54) is 5.56 Å². The lowest BCUT2D eigenvalue weighted by atomic mass is 9.90. The average molecular weight is 353 g/mol. The third-order valence-electron chi connectivity index (χ3n) is 5.03. The first kappa shape index (κ1) is 16.5. The van der Waals surface area contributed by atoms with Gasteiger partial charge in [-0.1, -0.05) is 19.1 Å². The molecule has 0 saturated carbocycles. The number of amides is 1. The number of benzene rings is 2. The molecule has 2 aromatic carbocycles. The van der Waals surface area contributed by atoms with Crippen molar-refractivity contribution in [1.82, 2.24) is 5.32 Å². The molecule has 2 atom stereocenters. The number of carbonyl (C=O) groups is 1. The average Bonchev–Trinajstić information content (AvgIpc) is 3.08. The molecule has 0 radical (unpaired) electrons. The zero-order valence-corrected chi connectivity index (χ0v) is 15.2. The maximum absolute atomic E-state index is 12.5. The predicted octanol–water partition coefficient (Wildman–Crippen LogP) is 3.78. The summed E-state index contributed by atoms with van der Waals surface area (Å²) in [6.45, 7) is 5.37. The Morgan fingerprint density at radius 1 is 1.16 bits per heavy atom. The summed E-state index contributed by atoms with van der Waals surface area (Å²) in [6.07, 6.45) is 0. The van der Waals surface area contributed by atoms with E-state index in [9.17, 15) is 4.79 Å². The van der Waals surface area contributed by atoms with E-state index >= 15 is 0 Å². The van der Waals surface area contributed by atoms with Crippen LogP contribution in [0.1, 0.15) is 28.8 Å². The number of fused-ring (bicyclic) bond motifs is 1. The van der Waals surface area contributed by atoms with Crippen molar-refractivity contribution < 1.29 is 4.79 Å². The Balaban J connectivity index is 1.45. The summed E-state index contributed by atoms with van der Waals surface area (Å²) in [5.74, 6) is 2.20. The minimum absolute atomic E-state index is 0.0578. The highest BCUT2D eigenvalue weighted by molar-refractivity contribution is 7.99. The Morgan fingerprint density at radius 3 is 2.76 bits per heavy atom. The van der Waals surface area contributed by atoms with Crippen molar-refractivity contribution >= 4 is 29.0 Å². The van der Waals surface area contributed by atoms with Gasteiger partial charge in [-0.05, 0) is 48.4 Å². The van der Waals surface area contributed by atoms with Crippen molar-refractivity contribution in [2.24, 2.45) is 5.92 Å². The van der Waals surface area contributed by atoms with Gasteiger partial charge in [0.25, 0.3) is 5.91 Å². The number of carbonyl (C=O) groups excluding carboxylic acids is 1. The van der Waals surface area contributed by atoms with E-state index in [4.69, 9.17) is 0 Å². The van der Waals surface area contributed by atoms with E-state index in [1.54, 1.807) is 11.8 Å². The molecule has 1 saturated heterocycles. The topological polar surface area (TPSA) is 53.2 Å². The van der Waals surface area contributed by atoms with Crippen LogP contribution in [0.2, 0.25) is 0 Å². The predicted molar refractivity (Wildman–Crippen MR) is 105 cm³/mol. The van der Waals surface area contributed by atoms with Gasteiger partial charge in [-0.3, -0.25) is 4.79 Å². The standard InChI is InChI=1S/C20H23N3OS/c1-13-11-21-12-17(13)14-2-5-16(6-3-14)23-20(24)15-4-7-18-19(10-15)25-9-8-22-18/h2-7,10,13,17,21-22H,8-9,11-12H2,1H3,(H,23,24)/t13-,17-/m1/s1. The molecule has 25 heavy (non-hydrogen) atoms. The Labute approximate surface area is 152 Å². The fraction of sp³-hybridized carbons (Fsp3) is 0.350. The van der Waals surface area contributed by atoms with Gasteiger partial charge in [0, 0.05) is 46.6 Å². The molecule has 130 valence electrons. The molecule has 2 aliphatic heterocycles. The van der Waals surface area contributed by atoms with Crippen LogP contribution in [0.5, 0.6) is 0 Å². The largest absolute Gasteiger partial charge is 0.383 e. The lowest BCUT2D eigenvalue weighted by molar-refractivity contribution is 0.102. The Hall–Kier alpha value is -1.98. The van der Waals surface area contributed by atoms with Crippen molar-refractivity contribution in [2.75, 3.05) is 36.0 Å². The number of anilines is 2. The second-order valence-corrected chi connectivity index (χ2v) is 7.94. The quantitative estimate of drug-likeness (QED) is 0.786. The van der Waals surface area contributed by atoms with Gasteiger partial charge >= 0.3 is 0 Å². The lowest BCUT2D eigenvalue weighted by Crippen LogP contribution is -2.14. The van der Waals surface area contributed by atoms with Crippen molar-refractivity contribution in [1.29, 1.82) is 0 Å². The highest BCUT2D eigenvalue weighted by atomic mass is 32.2. The Morgan fingerprint density at radius 2 is 2.00 bits per heavy atom. The first-order chi connectivity index (χ1) is 12.2. The van der Waals surface area contributed by atoms with Gasteiger partial charge in [-0.2, -0.15) is 0 Å². The minimum atomic E-state index is -0.0578. The van der Waals surface area contributed by atoms with E-state index in [-0.39, 0.29) is 5.91 Å². The molecule has 4 rings (SSSR count). The van der Waals surface area contributed by atoms with Crippen LogP contribution in [0.15, 0.2) is 47.4 Å². The van der Waals surface area contributed by atoms with Crippen LogP contribution in [0, 0.1) is 5.92 Å². The second-order valence-electron chi connectivity index (χ2n) is 6.80. The molecule has 2 aromatic rings. The molecule has 0 spiro atoms. The molecule has 3 N–H and O–H groups in total. The van der Waals surface area contributed by atoms with Gasteiger partial charge in [-0.25, -0.2) is 0 Å². The first-order valence-electron chi connectivity index (χ1n) is 8.83. The van der Waals surface area contributed by atoms with Gasteiger partial charge in [0.05, 0.1) is 0 Å². The van der Waals surface area contributed by atoms with Gasteiger partial charge < -0.3 is 16.0 Å². The van der Waals surface area contributed by atoms with Crippen molar-refractivity contribution in [3.8, 4) is 0 Å². The third-order valence-corrected chi connectivity index (χ3v) is 6.09. The van der Waals surface area contributed by atoms with Crippen LogP contribution in [-0.2, 0) is 0 Å². The monoisotopic (exact) mass is 353 g/mol. The summed E-state index contributed by atoms with van der Waals surface area (Å²) in [5, 5.41) is 9.80. The smallest absolute Gasteiger partial charge is 0.255 e. The summed E-state index contributed by atoms with van der Waals surface area (Å²) in [7, 11) is 0. The van der Waals surface area contributed by atoms with Crippen LogP contribution in [-0.4, -0.2) is 31.3 Å². The fourth-order valence-electron chi connectivity index (χ4n) is 3.55. The summed E-state index contributed by atoms with van der Waals surface area (Å²) in [5.41, 5.74) is 4.01. The highest BCUT2D eigenvalue weighted by Gasteiger charge is 2.24. The van der Waals surface area contributed by atoms with Crippen molar-refractivity contribution in [3.05, 3.63) is 53.6 Å². The van der Waals surface area contributed by atoms with Crippen LogP contribution in [0.3, 0.4) is 0 Å². The molecule has 1 amide bonds. The maximum atomic E-state index is 12.5. The SMILES string of the molecule is C[C@@H]1CNC[C@H]1c1ccc(NC(=O)c2ccc3c(c2)SCCN3)cc1. The molecule has 0 unspecified atom stereocenters. The third kappa shape index (κ3) is 3.53. The van der Waals surface area contributed by atoms with Gasteiger partial charge in [0.15, 0.2) is 0 Å². The molecule has 2 heterocycles. The van der Waals surface area contributed by atoms with E-state index in [1.807, 2.05) is 30.3 Å². The number of nitrogens with one attached hydrogen (secondary N) is 3. The molecule has 1 fully saturated rings. The highest BCUT2D eigenvalue weighted by Crippen LogP contribution is 2.32. The van der Waals surface area contributed by atoms with Gasteiger partial charge in [-0.15, -0.1) is 11.8 Å². The zero-order chi connectivity index (χ0) is 17.2. The van der Waals surface area contributed by atoms with E-state index in [0.29, 0.717) is 17.4 Å². The maximum Gasteiger partial charge on any atom is 0.255 e. The number of rotatable bonds is 3. The molecule has 0 aromatic heterocycles. The first-order valence-corrected chi connectivity index (χ1v) is 9.82. The number of hydrogen-bond acceptors (Lipinski definition) is 4. The van der Waals surface area contributed by atoms with Crippen molar-refractivity contribution in [3.63, 3.8) is 0 Å². The van der Waals surface area contributed by atoms with Crippen LogP contribution in [0.4, 0.5) is 11.4 Å². The van der Waals surface area contributed by atoms with E-state index in [2.05, 4.69) is 35.0 Å².